The monoisotopic (exact) mass is 260 g/mol. The number of hydrogen-bond acceptors (Lipinski definition) is 3. The fraction of sp³-hybridized carbons (Fsp3) is 0.833. The summed E-state index contributed by atoms with van der Waals surface area (Å²) in [6.07, 6.45) is -0.0323. The molecule has 0 rings (SSSR count). The van der Waals surface area contributed by atoms with Crippen LogP contribution >= 0.6 is 0 Å². The van der Waals surface area contributed by atoms with Gasteiger partial charge in [-0.1, -0.05) is 20.8 Å². The SMILES string of the molecule is CC(O)CCN(C)C(=O)N[C@H](C(=O)O)C(C)(C)C. The van der Waals surface area contributed by atoms with Crippen molar-refractivity contribution >= 4 is 12.0 Å². The fourth-order valence-corrected chi connectivity index (χ4v) is 1.36. The van der Waals surface area contributed by atoms with Crippen LogP contribution in [-0.2, 0) is 4.79 Å². The average Bonchev–Trinajstić information content (AvgIpc) is 2.19. The predicted molar refractivity (Wildman–Crippen MR) is 68.3 cm³/mol. The Morgan fingerprint density at radius 2 is 1.83 bits per heavy atom. The Balaban J connectivity index is 4.47. The van der Waals surface area contributed by atoms with E-state index >= 15 is 0 Å². The van der Waals surface area contributed by atoms with Crippen LogP contribution in [0.15, 0.2) is 0 Å². The van der Waals surface area contributed by atoms with E-state index < -0.39 is 29.6 Å². The molecule has 6 heteroatoms. The van der Waals surface area contributed by atoms with Gasteiger partial charge in [0.15, 0.2) is 0 Å². The summed E-state index contributed by atoms with van der Waals surface area (Å²) in [7, 11) is 1.57. The molecular weight excluding hydrogens is 236 g/mol. The molecule has 0 aliphatic carbocycles. The Morgan fingerprint density at radius 3 is 2.17 bits per heavy atom. The number of rotatable bonds is 5. The number of carboxylic acids is 1. The van der Waals surface area contributed by atoms with Gasteiger partial charge in [0.25, 0.3) is 0 Å². The fourth-order valence-electron chi connectivity index (χ4n) is 1.36. The molecule has 3 N–H and O–H groups in total. The molecule has 0 aliphatic rings. The molecule has 0 heterocycles. The van der Waals surface area contributed by atoms with Crippen LogP contribution in [0.5, 0.6) is 0 Å². The largest absolute Gasteiger partial charge is 0.480 e. The molecule has 0 aliphatic heterocycles. The summed E-state index contributed by atoms with van der Waals surface area (Å²) >= 11 is 0. The number of aliphatic carboxylic acids is 1. The first-order valence-electron chi connectivity index (χ1n) is 5.98. The van der Waals surface area contributed by atoms with Gasteiger partial charge in [-0.05, 0) is 18.8 Å². The number of aliphatic hydroxyl groups excluding tert-OH is 1. The van der Waals surface area contributed by atoms with Gasteiger partial charge in [0.05, 0.1) is 6.10 Å². The van der Waals surface area contributed by atoms with Gasteiger partial charge in [-0.2, -0.15) is 0 Å². The molecule has 2 amide bonds. The summed E-state index contributed by atoms with van der Waals surface area (Å²) in [5.74, 6) is -1.06. The lowest BCUT2D eigenvalue weighted by atomic mass is 9.87. The number of hydrogen-bond donors (Lipinski definition) is 3. The van der Waals surface area contributed by atoms with Crippen LogP contribution in [0.1, 0.15) is 34.1 Å². The van der Waals surface area contributed by atoms with Gasteiger partial charge >= 0.3 is 12.0 Å². The lowest BCUT2D eigenvalue weighted by Crippen LogP contribution is -2.52. The first kappa shape index (κ1) is 16.7. The van der Waals surface area contributed by atoms with E-state index in [1.807, 2.05) is 0 Å². The van der Waals surface area contributed by atoms with E-state index in [2.05, 4.69) is 5.32 Å². The Bertz CT molecular complexity index is 297. The van der Waals surface area contributed by atoms with Gasteiger partial charge in [0.1, 0.15) is 6.04 Å². The lowest BCUT2D eigenvalue weighted by molar-refractivity contribution is -0.142. The molecule has 0 saturated carbocycles. The minimum Gasteiger partial charge on any atom is -0.480 e. The third-order valence-electron chi connectivity index (χ3n) is 2.61. The van der Waals surface area contributed by atoms with Crippen LogP contribution in [0.25, 0.3) is 0 Å². The zero-order valence-electron chi connectivity index (χ0n) is 11.7. The van der Waals surface area contributed by atoms with Crippen molar-refractivity contribution in [3.05, 3.63) is 0 Å². The number of nitrogens with one attached hydrogen (secondary N) is 1. The second-order valence-corrected chi connectivity index (χ2v) is 5.65. The highest BCUT2D eigenvalue weighted by atomic mass is 16.4. The summed E-state index contributed by atoms with van der Waals surface area (Å²) in [4.78, 5) is 24.3. The second kappa shape index (κ2) is 6.58. The van der Waals surface area contributed by atoms with Crippen LogP contribution in [0.2, 0.25) is 0 Å². The van der Waals surface area contributed by atoms with Crippen LogP contribution in [0, 0.1) is 5.41 Å². The van der Waals surface area contributed by atoms with Crippen molar-refractivity contribution in [3.63, 3.8) is 0 Å². The van der Waals surface area contributed by atoms with Crippen molar-refractivity contribution < 1.29 is 19.8 Å². The van der Waals surface area contributed by atoms with Gasteiger partial charge in [0.2, 0.25) is 0 Å². The molecule has 106 valence electrons. The number of amides is 2. The molecule has 2 atom stereocenters. The molecule has 6 nitrogen and oxygen atoms in total. The number of urea groups is 1. The topological polar surface area (TPSA) is 89.9 Å². The molecule has 1 unspecified atom stereocenters. The van der Waals surface area contributed by atoms with Crippen molar-refractivity contribution in [1.82, 2.24) is 10.2 Å². The van der Waals surface area contributed by atoms with Gasteiger partial charge in [-0.25, -0.2) is 9.59 Å². The summed E-state index contributed by atoms with van der Waals surface area (Å²) in [6, 6.07) is -1.39. The molecular formula is C12H24N2O4. The predicted octanol–water partition coefficient (Wildman–Crippen LogP) is 0.898. The first-order valence-corrected chi connectivity index (χ1v) is 5.98. The average molecular weight is 260 g/mol. The summed E-state index contributed by atoms with van der Waals surface area (Å²) < 4.78 is 0. The molecule has 0 saturated heterocycles. The normalized spacial score (nSPS) is 14.8. The molecule has 0 bridgehead atoms. The third kappa shape index (κ3) is 5.86. The van der Waals surface area contributed by atoms with Gasteiger partial charge in [0, 0.05) is 13.6 Å². The van der Waals surface area contributed by atoms with Crippen molar-refractivity contribution in [2.75, 3.05) is 13.6 Å². The van der Waals surface area contributed by atoms with Gasteiger partial charge in [-0.3, -0.25) is 0 Å². The number of nitrogens with zero attached hydrogens (tertiary/aromatic N) is 1. The van der Waals surface area contributed by atoms with Crippen LogP contribution in [0.4, 0.5) is 4.79 Å². The van der Waals surface area contributed by atoms with Crippen LogP contribution in [0.3, 0.4) is 0 Å². The summed E-state index contributed by atoms with van der Waals surface area (Å²) in [6.45, 7) is 7.27. The minimum absolute atomic E-state index is 0.375. The maximum atomic E-state index is 11.8. The first-order chi connectivity index (χ1) is 8.05. The van der Waals surface area contributed by atoms with Crippen molar-refractivity contribution in [1.29, 1.82) is 0 Å². The Morgan fingerprint density at radius 1 is 1.33 bits per heavy atom. The number of aliphatic hydroxyl groups is 1. The van der Waals surface area contributed by atoms with Crippen molar-refractivity contribution in [2.24, 2.45) is 5.41 Å². The Hall–Kier alpha value is -1.30. The molecule has 0 radical (unpaired) electrons. The van der Waals surface area contributed by atoms with E-state index in [9.17, 15) is 9.59 Å². The van der Waals surface area contributed by atoms with E-state index in [-0.39, 0.29) is 0 Å². The van der Waals surface area contributed by atoms with E-state index in [0.717, 1.165) is 0 Å². The quantitative estimate of drug-likeness (QED) is 0.685. The number of carbonyl (C=O) groups excluding carboxylic acids is 1. The van der Waals surface area contributed by atoms with Crippen LogP contribution < -0.4 is 5.32 Å². The molecule has 0 spiro atoms. The molecule has 0 aromatic rings. The van der Waals surface area contributed by atoms with E-state index in [1.54, 1.807) is 34.7 Å². The lowest BCUT2D eigenvalue weighted by Gasteiger charge is -2.29. The smallest absolute Gasteiger partial charge is 0.326 e. The van der Waals surface area contributed by atoms with E-state index in [1.165, 1.54) is 4.90 Å². The number of carboxylic acid groups (broad SMARTS) is 1. The van der Waals surface area contributed by atoms with E-state index in [4.69, 9.17) is 10.2 Å². The minimum atomic E-state index is -1.06. The molecule has 0 fully saturated rings. The zero-order valence-corrected chi connectivity index (χ0v) is 11.7. The highest BCUT2D eigenvalue weighted by Crippen LogP contribution is 2.19. The Labute approximate surface area is 108 Å². The Kier molecular flexibility index (Phi) is 6.11. The maximum absolute atomic E-state index is 11.8. The highest BCUT2D eigenvalue weighted by Gasteiger charge is 2.33. The standard InChI is InChI=1S/C12H24N2O4/c1-8(15)6-7-14(5)11(18)13-9(10(16)17)12(2,3)4/h8-9,15H,6-7H2,1-5H3,(H,13,18)(H,16,17)/t8?,9-/m1/s1. The zero-order chi connectivity index (χ0) is 14.5. The molecule has 0 aromatic carbocycles. The molecule has 0 aromatic heterocycles. The van der Waals surface area contributed by atoms with Crippen LogP contribution in [-0.4, -0.2) is 52.9 Å². The maximum Gasteiger partial charge on any atom is 0.326 e. The van der Waals surface area contributed by atoms with Crippen molar-refractivity contribution in [2.45, 2.75) is 46.3 Å². The summed E-state index contributed by atoms with van der Waals surface area (Å²) in [5.41, 5.74) is -0.563. The molecule has 18 heavy (non-hydrogen) atoms. The van der Waals surface area contributed by atoms with Gasteiger partial charge < -0.3 is 20.4 Å². The third-order valence-corrected chi connectivity index (χ3v) is 2.61. The summed E-state index contributed by atoms with van der Waals surface area (Å²) in [5, 5.41) is 20.7. The van der Waals surface area contributed by atoms with Crippen molar-refractivity contribution in [3.8, 4) is 0 Å². The highest BCUT2D eigenvalue weighted by molar-refractivity contribution is 5.83. The van der Waals surface area contributed by atoms with E-state index in [0.29, 0.717) is 13.0 Å². The second-order valence-electron chi connectivity index (χ2n) is 5.65. The van der Waals surface area contributed by atoms with Gasteiger partial charge in [-0.15, -0.1) is 0 Å². The number of carbonyl (C=O) groups is 2.